The molecular weight excluding hydrogens is 386 g/mol. The Bertz CT molecular complexity index is 917. The molecule has 0 saturated heterocycles. The third-order valence-corrected chi connectivity index (χ3v) is 5.43. The minimum atomic E-state index is -0.270. The molecule has 0 bridgehead atoms. The van der Waals surface area contributed by atoms with Gasteiger partial charge in [-0.2, -0.15) is 0 Å². The van der Waals surface area contributed by atoms with Crippen LogP contribution in [0.4, 0.5) is 0 Å². The summed E-state index contributed by atoms with van der Waals surface area (Å²) in [7, 11) is 0. The molecular formula is C22H27N3O5. The van der Waals surface area contributed by atoms with Crippen LogP contribution >= 0.6 is 0 Å². The first-order valence-electron chi connectivity index (χ1n) is 10.5. The lowest BCUT2D eigenvalue weighted by molar-refractivity contribution is 0.0643. The number of ether oxygens (including phenoxy) is 2. The van der Waals surface area contributed by atoms with Gasteiger partial charge in [-0.15, -0.1) is 0 Å². The van der Waals surface area contributed by atoms with Gasteiger partial charge in [0, 0.05) is 24.2 Å². The normalized spacial score (nSPS) is 15.6. The molecule has 1 N–H and O–H groups in total. The van der Waals surface area contributed by atoms with E-state index in [1.807, 2.05) is 18.7 Å². The highest BCUT2D eigenvalue weighted by Gasteiger charge is 2.30. The van der Waals surface area contributed by atoms with Crippen LogP contribution in [0.25, 0.3) is 0 Å². The number of hydrogen-bond acceptors (Lipinski definition) is 6. The first-order valence-corrected chi connectivity index (χ1v) is 10.5. The van der Waals surface area contributed by atoms with Crippen LogP contribution in [0, 0.1) is 5.92 Å². The fourth-order valence-corrected chi connectivity index (χ4v) is 3.83. The molecule has 1 fully saturated rings. The Balaban J connectivity index is 1.51. The zero-order chi connectivity index (χ0) is 21.1. The SMILES string of the molecule is CC(C)CNC(=O)c1cc(CN(C(=O)c2ccc3c(c2)OCO3)C2CCCC2)on1. The van der Waals surface area contributed by atoms with Gasteiger partial charge in [-0.3, -0.25) is 9.59 Å². The van der Waals surface area contributed by atoms with Crippen molar-refractivity contribution in [2.24, 2.45) is 5.92 Å². The van der Waals surface area contributed by atoms with Gasteiger partial charge in [0.2, 0.25) is 6.79 Å². The molecule has 2 heterocycles. The predicted octanol–water partition coefficient (Wildman–Crippen LogP) is 3.37. The number of nitrogens with zero attached hydrogens (tertiary/aromatic N) is 2. The Morgan fingerprint density at radius 3 is 2.70 bits per heavy atom. The van der Waals surface area contributed by atoms with Crippen molar-refractivity contribution >= 4 is 11.8 Å². The summed E-state index contributed by atoms with van der Waals surface area (Å²) >= 11 is 0. The lowest BCUT2D eigenvalue weighted by Gasteiger charge is -2.28. The summed E-state index contributed by atoms with van der Waals surface area (Å²) in [4.78, 5) is 27.4. The number of carbonyl (C=O) groups excluding carboxylic acids is 2. The van der Waals surface area contributed by atoms with Crippen molar-refractivity contribution in [3.05, 3.63) is 41.3 Å². The maximum Gasteiger partial charge on any atom is 0.273 e. The second-order valence-corrected chi connectivity index (χ2v) is 8.22. The number of benzene rings is 1. The molecule has 1 aliphatic carbocycles. The van der Waals surface area contributed by atoms with Crippen LogP contribution in [0.15, 0.2) is 28.8 Å². The van der Waals surface area contributed by atoms with Gasteiger partial charge in [0.15, 0.2) is 23.0 Å². The molecule has 8 heteroatoms. The van der Waals surface area contributed by atoms with Gasteiger partial charge in [-0.25, -0.2) is 0 Å². The summed E-state index contributed by atoms with van der Waals surface area (Å²) in [5.41, 5.74) is 0.771. The Morgan fingerprint density at radius 1 is 1.17 bits per heavy atom. The van der Waals surface area contributed by atoms with Gasteiger partial charge in [0.05, 0.1) is 6.54 Å². The number of fused-ring (bicyclic) bond motifs is 1. The molecule has 1 saturated carbocycles. The Hall–Kier alpha value is -3.03. The van der Waals surface area contributed by atoms with Gasteiger partial charge in [0.1, 0.15) is 0 Å². The van der Waals surface area contributed by atoms with Crippen LogP contribution in [0.3, 0.4) is 0 Å². The topological polar surface area (TPSA) is 93.9 Å². The van der Waals surface area contributed by atoms with Gasteiger partial charge in [-0.05, 0) is 37.0 Å². The van der Waals surface area contributed by atoms with Crippen LogP contribution in [-0.2, 0) is 6.54 Å². The first-order chi connectivity index (χ1) is 14.5. The standard InChI is InChI=1S/C22H27N3O5/c1-14(2)11-23-21(26)18-10-17(30-24-18)12-25(16-5-3-4-6-16)22(27)15-7-8-19-20(9-15)29-13-28-19/h7-10,14,16H,3-6,11-13H2,1-2H3,(H,23,26). The van der Waals surface area contributed by atoms with Gasteiger partial charge in [0.25, 0.3) is 11.8 Å². The van der Waals surface area contributed by atoms with Crippen molar-refractivity contribution in [2.75, 3.05) is 13.3 Å². The maximum absolute atomic E-state index is 13.3. The largest absolute Gasteiger partial charge is 0.454 e. The molecule has 1 aromatic carbocycles. The van der Waals surface area contributed by atoms with Crippen molar-refractivity contribution in [1.29, 1.82) is 0 Å². The molecule has 0 spiro atoms. The molecule has 2 aliphatic rings. The van der Waals surface area contributed by atoms with E-state index in [2.05, 4.69) is 10.5 Å². The lowest BCUT2D eigenvalue weighted by Crippen LogP contribution is -2.38. The highest BCUT2D eigenvalue weighted by Crippen LogP contribution is 2.34. The van der Waals surface area contributed by atoms with Crippen LogP contribution in [0.1, 0.15) is 66.1 Å². The summed E-state index contributed by atoms with van der Waals surface area (Å²) in [5, 5.41) is 6.72. The number of hydrogen-bond donors (Lipinski definition) is 1. The lowest BCUT2D eigenvalue weighted by atomic mass is 10.1. The minimum Gasteiger partial charge on any atom is -0.454 e. The Morgan fingerprint density at radius 2 is 1.93 bits per heavy atom. The summed E-state index contributed by atoms with van der Waals surface area (Å²) in [5.74, 6) is 1.70. The van der Waals surface area contributed by atoms with Gasteiger partial charge < -0.3 is 24.2 Å². The van der Waals surface area contributed by atoms with E-state index in [-0.39, 0.29) is 36.9 Å². The van der Waals surface area contributed by atoms with Crippen molar-refractivity contribution in [2.45, 2.75) is 52.1 Å². The quantitative estimate of drug-likeness (QED) is 0.748. The molecule has 160 valence electrons. The summed E-state index contributed by atoms with van der Waals surface area (Å²) in [6, 6.07) is 6.98. The molecule has 0 unspecified atom stereocenters. The fourth-order valence-electron chi connectivity index (χ4n) is 3.83. The molecule has 0 radical (unpaired) electrons. The molecule has 2 amide bonds. The smallest absolute Gasteiger partial charge is 0.273 e. The van der Waals surface area contributed by atoms with E-state index in [0.717, 1.165) is 25.7 Å². The third kappa shape index (κ3) is 4.42. The molecule has 0 atom stereocenters. The summed E-state index contributed by atoms with van der Waals surface area (Å²) < 4.78 is 16.2. The number of nitrogens with one attached hydrogen (secondary N) is 1. The second kappa shape index (κ2) is 8.77. The second-order valence-electron chi connectivity index (χ2n) is 8.22. The van der Waals surface area contributed by atoms with Crippen molar-refractivity contribution in [3.63, 3.8) is 0 Å². The predicted molar refractivity (Wildman–Crippen MR) is 108 cm³/mol. The number of aromatic nitrogens is 1. The zero-order valence-corrected chi connectivity index (χ0v) is 17.3. The van der Waals surface area contributed by atoms with Crippen LogP contribution in [-0.4, -0.2) is 41.3 Å². The highest BCUT2D eigenvalue weighted by atomic mass is 16.7. The molecule has 1 aliphatic heterocycles. The minimum absolute atomic E-state index is 0.0950. The van der Waals surface area contributed by atoms with E-state index in [1.165, 1.54) is 0 Å². The van der Waals surface area contributed by atoms with Crippen molar-refractivity contribution in [1.82, 2.24) is 15.4 Å². The molecule has 8 nitrogen and oxygen atoms in total. The van der Waals surface area contributed by atoms with Crippen molar-refractivity contribution < 1.29 is 23.6 Å². The van der Waals surface area contributed by atoms with E-state index in [4.69, 9.17) is 14.0 Å². The van der Waals surface area contributed by atoms with E-state index >= 15 is 0 Å². The average Bonchev–Trinajstić information content (AvgIpc) is 3.50. The maximum atomic E-state index is 13.3. The molecule has 30 heavy (non-hydrogen) atoms. The third-order valence-electron chi connectivity index (χ3n) is 5.43. The Kier molecular flexibility index (Phi) is 5.92. The molecule has 4 rings (SSSR count). The van der Waals surface area contributed by atoms with Crippen molar-refractivity contribution in [3.8, 4) is 11.5 Å². The van der Waals surface area contributed by atoms with E-state index in [0.29, 0.717) is 35.3 Å². The summed E-state index contributed by atoms with van der Waals surface area (Å²) in [6.45, 7) is 5.05. The van der Waals surface area contributed by atoms with E-state index in [9.17, 15) is 9.59 Å². The highest BCUT2D eigenvalue weighted by molar-refractivity contribution is 5.95. The summed E-state index contributed by atoms with van der Waals surface area (Å²) in [6.07, 6.45) is 4.09. The monoisotopic (exact) mass is 413 g/mol. The molecule has 2 aromatic rings. The van der Waals surface area contributed by atoms with E-state index < -0.39 is 0 Å². The van der Waals surface area contributed by atoms with Crippen LogP contribution < -0.4 is 14.8 Å². The zero-order valence-electron chi connectivity index (χ0n) is 17.3. The number of carbonyl (C=O) groups is 2. The molecule has 1 aromatic heterocycles. The number of rotatable bonds is 7. The number of amides is 2. The Labute approximate surface area is 175 Å². The van der Waals surface area contributed by atoms with Gasteiger partial charge in [-0.1, -0.05) is 31.8 Å². The fraction of sp³-hybridized carbons (Fsp3) is 0.500. The van der Waals surface area contributed by atoms with Crippen LogP contribution in [0.2, 0.25) is 0 Å². The van der Waals surface area contributed by atoms with E-state index in [1.54, 1.807) is 24.3 Å². The van der Waals surface area contributed by atoms with Crippen LogP contribution in [0.5, 0.6) is 11.5 Å². The van der Waals surface area contributed by atoms with Gasteiger partial charge >= 0.3 is 0 Å². The first kappa shape index (κ1) is 20.3. The average molecular weight is 413 g/mol.